The summed E-state index contributed by atoms with van der Waals surface area (Å²) in [7, 11) is 4.70. The van der Waals surface area contributed by atoms with Crippen LogP contribution in [0, 0.1) is 46.3 Å². The van der Waals surface area contributed by atoms with Gasteiger partial charge in [-0.1, -0.05) is 20.8 Å². The van der Waals surface area contributed by atoms with Crippen molar-refractivity contribution in [3.63, 3.8) is 0 Å². The van der Waals surface area contributed by atoms with E-state index in [1.165, 1.54) is 25.7 Å². The van der Waals surface area contributed by atoms with Crippen LogP contribution in [0.4, 0.5) is 5.69 Å². The van der Waals surface area contributed by atoms with Gasteiger partial charge in [0.05, 0.1) is 33.5 Å². The summed E-state index contributed by atoms with van der Waals surface area (Å²) in [6.07, 6.45) is 9.34. The predicted molar refractivity (Wildman–Crippen MR) is 156 cm³/mol. The summed E-state index contributed by atoms with van der Waals surface area (Å²) in [5.74, 6) is 4.45. The average Bonchev–Trinajstić information content (AvgIpc) is 3.29. The molecule has 5 rings (SSSR count). The molecule has 4 aliphatic carbocycles. The average molecular weight is 558 g/mol. The fraction of sp³-hybridized carbons (Fsp3) is 0.788. The normalized spacial score (nSPS) is 39.4. The molecule has 40 heavy (non-hydrogen) atoms. The molecule has 7 nitrogen and oxygen atoms in total. The number of amides is 1. The molecule has 4 fully saturated rings. The van der Waals surface area contributed by atoms with Crippen molar-refractivity contribution in [2.24, 2.45) is 46.3 Å². The van der Waals surface area contributed by atoms with E-state index in [0.717, 1.165) is 32.1 Å². The zero-order chi connectivity index (χ0) is 28.8. The Morgan fingerprint density at radius 3 is 2.25 bits per heavy atom. The SMILES string of the molecule is COc1cc(NC(=O)CC[C@@H](C)[C@H]2CC[C@H]3[C@@H]4[C@@H](O)C[C@@H]5C[C@H](O)CC[C@]5(C)[C@H]4CC[C@]23C)cc(OC)c1OC. The number of hydrogen-bond acceptors (Lipinski definition) is 6. The monoisotopic (exact) mass is 557 g/mol. The fourth-order valence-corrected chi connectivity index (χ4v) is 10.1. The third-order valence-corrected chi connectivity index (χ3v) is 12.2. The highest BCUT2D eigenvalue weighted by atomic mass is 16.5. The topological polar surface area (TPSA) is 97.3 Å². The van der Waals surface area contributed by atoms with Crippen LogP contribution in [0.1, 0.15) is 85.0 Å². The van der Waals surface area contributed by atoms with Crippen molar-refractivity contribution in [1.82, 2.24) is 0 Å². The second-order valence-corrected chi connectivity index (χ2v) is 13.9. The number of rotatable bonds is 8. The molecule has 0 unspecified atom stereocenters. The van der Waals surface area contributed by atoms with E-state index in [1.807, 2.05) is 0 Å². The molecule has 3 N–H and O–H groups in total. The van der Waals surface area contributed by atoms with Crippen LogP contribution in [0.5, 0.6) is 17.2 Å². The van der Waals surface area contributed by atoms with Crippen LogP contribution < -0.4 is 19.5 Å². The van der Waals surface area contributed by atoms with Gasteiger partial charge in [0.15, 0.2) is 11.5 Å². The van der Waals surface area contributed by atoms with Crippen LogP contribution >= 0.6 is 0 Å². The van der Waals surface area contributed by atoms with Gasteiger partial charge >= 0.3 is 0 Å². The minimum absolute atomic E-state index is 0.00862. The molecule has 10 atom stereocenters. The molecule has 0 heterocycles. The summed E-state index contributed by atoms with van der Waals surface area (Å²) in [6, 6.07) is 3.52. The molecule has 0 aliphatic heterocycles. The Kier molecular flexibility index (Phi) is 8.37. The number of hydrogen-bond donors (Lipinski definition) is 3. The third kappa shape index (κ3) is 4.99. The van der Waals surface area contributed by atoms with Gasteiger partial charge in [0.2, 0.25) is 11.7 Å². The molecular weight excluding hydrogens is 506 g/mol. The lowest BCUT2D eigenvalue weighted by Crippen LogP contribution is -2.58. The maximum Gasteiger partial charge on any atom is 0.224 e. The minimum atomic E-state index is -0.253. The first-order valence-corrected chi connectivity index (χ1v) is 15.5. The molecule has 0 saturated heterocycles. The van der Waals surface area contributed by atoms with E-state index in [2.05, 4.69) is 26.1 Å². The van der Waals surface area contributed by atoms with Gasteiger partial charge in [-0.25, -0.2) is 0 Å². The van der Waals surface area contributed by atoms with E-state index >= 15 is 0 Å². The van der Waals surface area contributed by atoms with Crippen molar-refractivity contribution in [2.75, 3.05) is 26.6 Å². The van der Waals surface area contributed by atoms with E-state index in [1.54, 1.807) is 33.5 Å². The number of carbonyl (C=O) groups excluding carboxylic acids is 1. The summed E-state index contributed by atoms with van der Waals surface area (Å²) in [5, 5.41) is 24.9. The molecule has 0 radical (unpaired) electrons. The Bertz CT molecular complexity index is 1050. The molecule has 1 amide bonds. The van der Waals surface area contributed by atoms with Gasteiger partial charge in [-0.05, 0) is 104 Å². The summed E-state index contributed by atoms with van der Waals surface area (Å²) in [5.41, 5.74) is 1.09. The van der Waals surface area contributed by atoms with Crippen molar-refractivity contribution >= 4 is 11.6 Å². The van der Waals surface area contributed by atoms with Gasteiger partial charge < -0.3 is 29.7 Å². The smallest absolute Gasteiger partial charge is 0.224 e. The van der Waals surface area contributed by atoms with Crippen molar-refractivity contribution in [3.8, 4) is 17.2 Å². The zero-order valence-electron chi connectivity index (χ0n) is 25.4. The number of benzene rings is 1. The highest BCUT2D eigenvalue weighted by Gasteiger charge is 2.62. The molecule has 1 aromatic carbocycles. The Labute approximate surface area is 240 Å². The molecule has 7 heteroatoms. The summed E-state index contributed by atoms with van der Waals surface area (Å²) < 4.78 is 16.3. The quantitative estimate of drug-likeness (QED) is 0.360. The molecule has 0 bridgehead atoms. The Morgan fingerprint density at radius 2 is 1.60 bits per heavy atom. The third-order valence-electron chi connectivity index (χ3n) is 12.2. The van der Waals surface area contributed by atoms with Crippen LogP contribution in [0.3, 0.4) is 0 Å². The second-order valence-electron chi connectivity index (χ2n) is 13.9. The lowest BCUT2D eigenvalue weighted by molar-refractivity contribution is -0.174. The van der Waals surface area contributed by atoms with Gasteiger partial charge in [0, 0.05) is 24.2 Å². The van der Waals surface area contributed by atoms with E-state index < -0.39 is 0 Å². The van der Waals surface area contributed by atoms with Crippen LogP contribution in [-0.2, 0) is 4.79 Å². The van der Waals surface area contributed by atoms with E-state index in [-0.39, 0.29) is 28.9 Å². The summed E-state index contributed by atoms with van der Waals surface area (Å²) in [6.45, 7) is 7.29. The number of ether oxygens (including phenoxy) is 3. The second kappa shape index (κ2) is 11.4. The highest BCUT2D eigenvalue weighted by molar-refractivity contribution is 5.91. The maximum absolute atomic E-state index is 13.0. The molecule has 4 aliphatic rings. The minimum Gasteiger partial charge on any atom is -0.493 e. The summed E-state index contributed by atoms with van der Waals surface area (Å²) in [4.78, 5) is 13.0. The molecule has 0 aromatic heterocycles. The number of fused-ring (bicyclic) bond motifs is 5. The lowest BCUT2D eigenvalue weighted by Gasteiger charge is -2.62. The van der Waals surface area contributed by atoms with E-state index in [0.29, 0.717) is 64.9 Å². The van der Waals surface area contributed by atoms with Gasteiger partial charge in [-0.3, -0.25) is 4.79 Å². The molecule has 224 valence electrons. The van der Waals surface area contributed by atoms with Gasteiger partial charge in [-0.15, -0.1) is 0 Å². The number of nitrogens with one attached hydrogen (secondary N) is 1. The Hall–Kier alpha value is -1.99. The first-order valence-electron chi connectivity index (χ1n) is 15.5. The lowest BCUT2D eigenvalue weighted by atomic mass is 9.43. The van der Waals surface area contributed by atoms with Crippen molar-refractivity contribution in [3.05, 3.63) is 12.1 Å². The van der Waals surface area contributed by atoms with Gasteiger partial charge in [0.25, 0.3) is 0 Å². The van der Waals surface area contributed by atoms with Crippen molar-refractivity contribution < 1.29 is 29.2 Å². The van der Waals surface area contributed by atoms with Gasteiger partial charge in [0.1, 0.15) is 0 Å². The largest absolute Gasteiger partial charge is 0.493 e. The Balaban J connectivity index is 1.23. The van der Waals surface area contributed by atoms with Gasteiger partial charge in [-0.2, -0.15) is 0 Å². The number of anilines is 1. The number of methoxy groups -OCH3 is 3. The Morgan fingerprint density at radius 1 is 0.950 bits per heavy atom. The van der Waals surface area contributed by atoms with Crippen LogP contribution in [0.15, 0.2) is 12.1 Å². The number of aliphatic hydroxyl groups is 2. The van der Waals surface area contributed by atoms with E-state index in [9.17, 15) is 15.0 Å². The number of carbonyl (C=O) groups is 1. The predicted octanol–water partition coefficient (Wildman–Crippen LogP) is 6.06. The van der Waals surface area contributed by atoms with E-state index in [4.69, 9.17) is 14.2 Å². The molecule has 1 aromatic rings. The van der Waals surface area contributed by atoms with Crippen LogP contribution in [0.2, 0.25) is 0 Å². The van der Waals surface area contributed by atoms with Crippen molar-refractivity contribution in [2.45, 2.75) is 97.2 Å². The van der Waals surface area contributed by atoms with Crippen LogP contribution in [0.25, 0.3) is 0 Å². The highest BCUT2D eigenvalue weighted by Crippen LogP contribution is 2.68. The first-order chi connectivity index (χ1) is 19.0. The summed E-state index contributed by atoms with van der Waals surface area (Å²) >= 11 is 0. The van der Waals surface area contributed by atoms with Crippen molar-refractivity contribution in [1.29, 1.82) is 0 Å². The van der Waals surface area contributed by atoms with Crippen LogP contribution in [-0.4, -0.2) is 49.7 Å². The fourth-order valence-electron chi connectivity index (χ4n) is 10.1. The maximum atomic E-state index is 13.0. The molecule has 0 spiro atoms. The number of aliphatic hydroxyl groups excluding tert-OH is 2. The standard InChI is InChI=1S/C33H51NO6/c1-19(7-10-29(37)34-21-17-27(38-4)31(40-6)28(18-21)39-5)23-8-9-24-30-25(12-14-33(23,24)3)32(2)13-11-22(35)15-20(32)16-26(30)36/h17-20,22-26,30,35-36H,7-16H2,1-6H3,(H,34,37)/t19-,20+,22-,23-,24+,25+,26+,30+,32+,33-/m1/s1. The zero-order valence-corrected chi connectivity index (χ0v) is 25.4. The molecular formula is C33H51NO6. The molecule has 4 saturated carbocycles. The first kappa shape index (κ1) is 29.5.